The molecule has 1 unspecified atom stereocenters. The summed E-state index contributed by atoms with van der Waals surface area (Å²) in [5, 5.41) is 0. The van der Waals surface area contributed by atoms with E-state index in [9.17, 15) is 0 Å². The fourth-order valence-electron chi connectivity index (χ4n) is 3.59. The third-order valence-electron chi connectivity index (χ3n) is 4.77. The third kappa shape index (κ3) is 4.61. The summed E-state index contributed by atoms with van der Waals surface area (Å²) in [6, 6.07) is 0. The Morgan fingerprint density at radius 3 is 2.13 bits per heavy atom. The summed E-state index contributed by atoms with van der Waals surface area (Å²) in [7, 11) is 0. The van der Waals surface area contributed by atoms with Crippen molar-refractivity contribution < 1.29 is 46.5 Å². The van der Waals surface area contributed by atoms with Crippen molar-refractivity contribution in [3.8, 4) is 0 Å². The van der Waals surface area contributed by atoms with Crippen molar-refractivity contribution >= 4 is 11.8 Å². The number of hydrogen-bond donors (Lipinski definition) is 0. The third-order valence-corrected chi connectivity index (χ3v) is 6.37. The molecule has 0 heterocycles. The van der Waals surface area contributed by atoms with Gasteiger partial charge in [0, 0.05) is 4.75 Å². The molecule has 0 nitrogen and oxygen atoms in total. The van der Waals surface area contributed by atoms with Crippen LogP contribution >= 0.6 is 11.8 Å². The number of rotatable bonds is 3. The molecule has 0 N–H and O–H groups in total. The Morgan fingerprint density at radius 1 is 1.09 bits per heavy atom. The molecule has 23 heavy (non-hydrogen) atoms. The zero-order valence-corrected chi connectivity index (χ0v) is 18.9. The van der Waals surface area contributed by atoms with Gasteiger partial charge in [-0.15, -0.1) is 6.42 Å². The molecule has 0 aromatic carbocycles. The summed E-state index contributed by atoms with van der Waals surface area (Å²) in [5.41, 5.74) is 3.20. The van der Waals surface area contributed by atoms with Gasteiger partial charge in [-0.2, -0.15) is 17.8 Å². The van der Waals surface area contributed by atoms with E-state index in [0.717, 1.165) is 12.8 Å². The summed E-state index contributed by atoms with van der Waals surface area (Å²) in [6.07, 6.45) is 19.3. The second-order valence-electron chi connectivity index (χ2n) is 7.32. The van der Waals surface area contributed by atoms with Crippen molar-refractivity contribution in [3.05, 3.63) is 47.6 Å². The van der Waals surface area contributed by atoms with E-state index in [1.807, 2.05) is 11.8 Å². The summed E-state index contributed by atoms with van der Waals surface area (Å²) >= 11 is 2.01. The Kier molecular flexibility index (Phi) is 10.5. The minimum absolute atomic E-state index is 0. The van der Waals surface area contributed by atoms with Gasteiger partial charge in [0.25, 0.3) is 0 Å². The minimum Gasteiger partial charge on any atom is -1.00 e. The minimum atomic E-state index is 0. The van der Waals surface area contributed by atoms with Crippen LogP contribution in [0.5, 0.6) is 0 Å². The summed E-state index contributed by atoms with van der Waals surface area (Å²) in [6.45, 7) is 11.8. The van der Waals surface area contributed by atoms with Gasteiger partial charge in [0.1, 0.15) is 0 Å². The van der Waals surface area contributed by atoms with Gasteiger partial charge in [0.15, 0.2) is 0 Å². The van der Waals surface area contributed by atoms with Crippen LogP contribution in [-0.2, 0) is 21.7 Å². The van der Waals surface area contributed by atoms with Crippen LogP contribution in [0.3, 0.4) is 0 Å². The Morgan fingerprint density at radius 2 is 1.70 bits per heavy atom. The van der Waals surface area contributed by atoms with Crippen molar-refractivity contribution in [2.75, 3.05) is 6.26 Å². The summed E-state index contributed by atoms with van der Waals surface area (Å²) in [4.78, 5) is 0. The van der Waals surface area contributed by atoms with Crippen LogP contribution in [0.1, 0.15) is 47.5 Å². The predicted octanol–water partition coefficient (Wildman–Crippen LogP) is -0.258. The molecular weight excluding hydrogens is 379 g/mol. The average Bonchev–Trinajstić information content (AvgIpc) is 2.91. The first-order valence-electron chi connectivity index (χ1n) is 7.46. The van der Waals surface area contributed by atoms with Gasteiger partial charge in [0.05, 0.1) is 0 Å². The molecule has 0 saturated carbocycles. The van der Waals surface area contributed by atoms with Crippen molar-refractivity contribution in [1.82, 2.24) is 0 Å². The van der Waals surface area contributed by atoms with Gasteiger partial charge < -0.3 is 24.8 Å². The molecule has 1 radical (unpaired) electrons. The van der Waals surface area contributed by atoms with E-state index >= 15 is 0 Å². The SMILES string of the molecule is CSC1(C(C)(C)C2=[C-]CC=C2)CC=CC=C1C(C)(C)C.[Cl-].[Cl-].[Ti+3]. The van der Waals surface area contributed by atoms with E-state index < -0.39 is 0 Å². The zero-order valence-electron chi connectivity index (χ0n) is 15.0. The van der Waals surface area contributed by atoms with E-state index in [1.165, 1.54) is 5.57 Å². The fraction of sp³-hybridized carbons (Fsp3) is 0.579. The molecule has 0 amide bonds. The van der Waals surface area contributed by atoms with Crippen LogP contribution in [0.15, 0.2) is 41.5 Å². The van der Waals surface area contributed by atoms with Crippen molar-refractivity contribution in [2.24, 2.45) is 10.8 Å². The standard InChI is InChI=1S/C19H27S.2ClH.Ti/c1-17(2,3)16-13-9-10-14-19(16,20-6)18(4,5)15-11-7-8-12-15;;;/h7,9-11,13H,8,14H2,1-6H3;2*1H;/q-1;;;+3/p-2. The smallest absolute Gasteiger partial charge is 1.00 e. The summed E-state index contributed by atoms with van der Waals surface area (Å²) in [5.74, 6) is 0. The normalized spacial score (nSPS) is 23.2. The maximum atomic E-state index is 3.57. The first-order chi connectivity index (χ1) is 9.25. The molecule has 1 atom stereocenters. The van der Waals surface area contributed by atoms with E-state index in [2.05, 4.69) is 77.3 Å². The van der Waals surface area contributed by atoms with Crippen molar-refractivity contribution in [2.45, 2.75) is 52.2 Å². The molecule has 0 aromatic rings. The molecule has 127 valence electrons. The van der Waals surface area contributed by atoms with Crippen LogP contribution < -0.4 is 24.8 Å². The Labute approximate surface area is 174 Å². The monoisotopic (exact) mass is 405 g/mol. The molecule has 0 aromatic heterocycles. The van der Waals surface area contributed by atoms with Gasteiger partial charge in [-0.3, -0.25) is 6.08 Å². The molecular formula is C19H27Cl2STi. The molecule has 2 aliphatic carbocycles. The Bertz CT molecular complexity index is 510. The second kappa shape index (κ2) is 9.34. The van der Waals surface area contributed by atoms with Gasteiger partial charge in [-0.1, -0.05) is 52.8 Å². The number of hydrogen-bond acceptors (Lipinski definition) is 1. The topological polar surface area (TPSA) is 0 Å². The summed E-state index contributed by atoms with van der Waals surface area (Å²) < 4.78 is 0.122. The van der Waals surface area contributed by atoms with E-state index in [-0.39, 0.29) is 62.1 Å². The van der Waals surface area contributed by atoms with Crippen LogP contribution in [0.2, 0.25) is 0 Å². The van der Waals surface area contributed by atoms with Gasteiger partial charge in [-0.25, -0.2) is 11.6 Å². The molecule has 0 saturated heterocycles. The Balaban J connectivity index is 0. The quantitative estimate of drug-likeness (QED) is 0.460. The van der Waals surface area contributed by atoms with E-state index in [1.54, 1.807) is 5.57 Å². The second-order valence-corrected chi connectivity index (χ2v) is 8.42. The van der Waals surface area contributed by atoms with Crippen molar-refractivity contribution in [1.29, 1.82) is 0 Å². The van der Waals surface area contributed by atoms with Crippen LogP contribution in [0, 0.1) is 16.9 Å². The molecule has 2 aliphatic rings. The zero-order chi connectivity index (χ0) is 15.0. The first-order valence-corrected chi connectivity index (χ1v) is 8.69. The van der Waals surface area contributed by atoms with Crippen LogP contribution in [-0.4, -0.2) is 11.0 Å². The maximum Gasteiger partial charge on any atom is 3.00 e. The van der Waals surface area contributed by atoms with E-state index in [0.29, 0.717) is 0 Å². The van der Waals surface area contributed by atoms with Crippen LogP contribution in [0.25, 0.3) is 0 Å². The largest absolute Gasteiger partial charge is 3.00 e. The molecule has 4 heteroatoms. The number of allylic oxidation sites excluding steroid dienone is 7. The first kappa shape index (κ1) is 25.8. The fourth-order valence-corrected chi connectivity index (χ4v) is 5.07. The predicted molar refractivity (Wildman–Crippen MR) is 91.8 cm³/mol. The average molecular weight is 406 g/mol. The molecule has 0 spiro atoms. The number of halogens is 2. The van der Waals surface area contributed by atoms with Gasteiger partial charge >= 0.3 is 21.7 Å². The van der Waals surface area contributed by atoms with Crippen LogP contribution in [0.4, 0.5) is 0 Å². The van der Waals surface area contributed by atoms with Crippen molar-refractivity contribution in [3.63, 3.8) is 0 Å². The molecule has 0 fully saturated rings. The van der Waals surface area contributed by atoms with Gasteiger partial charge in [0.2, 0.25) is 0 Å². The molecule has 0 aliphatic heterocycles. The van der Waals surface area contributed by atoms with E-state index in [4.69, 9.17) is 0 Å². The van der Waals surface area contributed by atoms with Gasteiger partial charge in [-0.05, 0) is 29.1 Å². The maximum absolute atomic E-state index is 3.57. The Hall–Kier alpha value is 0.604. The molecule has 0 bridgehead atoms. The number of thioether (sulfide) groups is 1. The molecule has 2 rings (SSSR count).